The maximum atomic E-state index is 8.43. The molecule has 2 nitrogen and oxygen atoms in total. The zero-order valence-corrected chi connectivity index (χ0v) is 5.48. The Morgan fingerprint density at radius 1 is 1.62 bits per heavy atom. The van der Waals surface area contributed by atoms with E-state index >= 15 is 0 Å². The molecule has 1 radical (unpaired) electrons. The van der Waals surface area contributed by atoms with Crippen LogP contribution in [0.1, 0.15) is 20.3 Å². The van der Waals surface area contributed by atoms with Gasteiger partial charge in [0.15, 0.2) is 0 Å². The van der Waals surface area contributed by atoms with Crippen molar-refractivity contribution in [2.45, 2.75) is 25.9 Å². The lowest BCUT2D eigenvalue weighted by Gasteiger charge is -2.20. The van der Waals surface area contributed by atoms with Crippen LogP contribution in [0.5, 0.6) is 0 Å². The summed E-state index contributed by atoms with van der Waals surface area (Å²) in [6.45, 7) is 3.93. The zero-order chi connectivity index (χ0) is 6.62. The first kappa shape index (κ1) is 7.92. The molecular weight excluding hydrogens is 104 g/mol. The van der Waals surface area contributed by atoms with Crippen LogP contribution in [0, 0.1) is 7.11 Å². The highest BCUT2D eigenvalue weighted by molar-refractivity contribution is 4.66. The molecule has 0 aliphatic carbocycles. The third-order valence-corrected chi connectivity index (χ3v) is 1.10. The van der Waals surface area contributed by atoms with E-state index in [0.29, 0.717) is 6.42 Å². The van der Waals surface area contributed by atoms with E-state index in [-0.39, 0.29) is 12.2 Å². The highest BCUT2D eigenvalue weighted by atomic mass is 16.5. The molecule has 0 amide bonds. The quantitative estimate of drug-likeness (QED) is 0.596. The third-order valence-electron chi connectivity index (χ3n) is 1.10. The summed E-state index contributed by atoms with van der Waals surface area (Å²) in [5, 5.41) is 8.43. The van der Waals surface area contributed by atoms with Crippen molar-refractivity contribution in [2.24, 2.45) is 0 Å². The molecule has 8 heavy (non-hydrogen) atoms. The smallest absolute Gasteiger partial charge is 0.0708 e. The second-order valence-corrected chi connectivity index (χ2v) is 2.38. The Labute approximate surface area is 50.5 Å². The topological polar surface area (TPSA) is 29.5 Å². The number of hydrogen-bond donors (Lipinski definition) is 1. The molecule has 0 aromatic rings. The van der Waals surface area contributed by atoms with Gasteiger partial charge in [0.2, 0.25) is 0 Å². The predicted octanol–water partition coefficient (Wildman–Crippen LogP) is 0.956. The fourth-order valence-corrected chi connectivity index (χ4v) is 0.341. The van der Waals surface area contributed by atoms with Crippen LogP contribution >= 0.6 is 0 Å². The van der Waals surface area contributed by atoms with Crippen molar-refractivity contribution in [3.05, 3.63) is 7.11 Å². The van der Waals surface area contributed by atoms with E-state index in [0.717, 1.165) is 0 Å². The van der Waals surface area contributed by atoms with Crippen molar-refractivity contribution in [2.75, 3.05) is 6.61 Å². The van der Waals surface area contributed by atoms with Gasteiger partial charge in [-0.1, -0.05) is 0 Å². The van der Waals surface area contributed by atoms with Crippen LogP contribution in [0.4, 0.5) is 0 Å². The van der Waals surface area contributed by atoms with Gasteiger partial charge in [-0.05, 0) is 20.3 Å². The Balaban J connectivity index is 3.37. The minimum Gasteiger partial charge on any atom is -0.396 e. The van der Waals surface area contributed by atoms with Crippen LogP contribution in [0.15, 0.2) is 0 Å². The van der Waals surface area contributed by atoms with E-state index in [1.807, 2.05) is 13.8 Å². The molecular formula is C6H13O2. The predicted molar refractivity (Wildman–Crippen MR) is 32.2 cm³/mol. The maximum Gasteiger partial charge on any atom is 0.0708 e. The fraction of sp³-hybridized carbons (Fsp3) is 0.833. The molecule has 0 fully saturated rings. The summed E-state index contributed by atoms with van der Waals surface area (Å²) in [4.78, 5) is 0. The summed E-state index contributed by atoms with van der Waals surface area (Å²) in [5.41, 5.74) is -0.269. The van der Waals surface area contributed by atoms with Crippen molar-refractivity contribution in [3.63, 3.8) is 0 Å². The van der Waals surface area contributed by atoms with Gasteiger partial charge in [0.25, 0.3) is 0 Å². The van der Waals surface area contributed by atoms with Gasteiger partial charge < -0.3 is 9.84 Å². The molecule has 0 spiro atoms. The van der Waals surface area contributed by atoms with Crippen molar-refractivity contribution >= 4 is 0 Å². The van der Waals surface area contributed by atoms with Crippen molar-refractivity contribution < 1.29 is 9.84 Å². The molecule has 0 aromatic carbocycles. The summed E-state index contributed by atoms with van der Waals surface area (Å²) in [6, 6.07) is 0. The number of hydrogen-bond acceptors (Lipinski definition) is 2. The van der Waals surface area contributed by atoms with Crippen LogP contribution in [0.2, 0.25) is 0 Å². The second-order valence-electron chi connectivity index (χ2n) is 2.38. The van der Waals surface area contributed by atoms with Crippen LogP contribution in [-0.2, 0) is 4.74 Å². The molecule has 49 valence electrons. The lowest BCUT2D eigenvalue weighted by atomic mass is 10.1. The second kappa shape index (κ2) is 3.05. The number of ether oxygens (including phenoxy) is 1. The lowest BCUT2D eigenvalue weighted by Crippen LogP contribution is -2.22. The van der Waals surface area contributed by atoms with Gasteiger partial charge in [0.1, 0.15) is 0 Å². The van der Waals surface area contributed by atoms with Gasteiger partial charge in [0, 0.05) is 6.61 Å². The highest BCUT2D eigenvalue weighted by Gasteiger charge is 2.13. The molecule has 0 heterocycles. The average Bonchev–Trinajstić information content (AvgIpc) is 1.67. The van der Waals surface area contributed by atoms with Crippen molar-refractivity contribution in [1.82, 2.24) is 0 Å². The lowest BCUT2D eigenvalue weighted by molar-refractivity contribution is 0.0286. The Kier molecular flexibility index (Phi) is 3.02. The SMILES string of the molecule is [CH2]OC(C)(C)CCO. The molecule has 0 rings (SSSR count). The Morgan fingerprint density at radius 2 is 2.12 bits per heavy atom. The van der Waals surface area contributed by atoms with E-state index in [1.54, 1.807) is 0 Å². The number of rotatable bonds is 3. The van der Waals surface area contributed by atoms with Crippen LogP contribution < -0.4 is 0 Å². The summed E-state index contributed by atoms with van der Waals surface area (Å²) in [6.07, 6.45) is 0.635. The Hall–Kier alpha value is -0.0800. The average molecular weight is 117 g/mol. The minimum absolute atomic E-state index is 0.155. The molecule has 1 N–H and O–H groups in total. The van der Waals surface area contributed by atoms with Crippen LogP contribution in [-0.4, -0.2) is 17.3 Å². The number of aliphatic hydroxyl groups excluding tert-OH is 1. The zero-order valence-electron chi connectivity index (χ0n) is 5.48. The fourth-order valence-electron chi connectivity index (χ4n) is 0.341. The molecule has 0 unspecified atom stereocenters. The van der Waals surface area contributed by atoms with Crippen LogP contribution in [0.25, 0.3) is 0 Å². The van der Waals surface area contributed by atoms with Gasteiger partial charge in [-0.3, -0.25) is 0 Å². The van der Waals surface area contributed by atoms with E-state index in [2.05, 4.69) is 7.11 Å². The Morgan fingerprint density at radius 3 is 2.25 bits per heavy atom. The molecule has 0 aromatic heterocycles. The molecule has 0 saturated carbocycles. The maximum absolute atomic E-state index is 8.43. The van der Waals surface area contributed by atoms with Gasteiger partial charge >= 0.3 is 0 Å². The summed E-state index contributed by atoms with van der Waals surface area (Å²) in [7, 11) is 3.26. The molecule has 2 heteroatoms. The summed E-state index contributed by atoms with van der Waals surface area (Å²) >= 11 is 0. The molecule has 0 aliphatic heterocycles. The Bertz CT molecular complexity index is 59.5. The summed E-state index contributed by atoms with van der Waals surface area (Å²) in [5.74, 6) is 0. The standard InChI is InChI=1S/C6H13O2/c1-6(2,8-3)4-5-7/h7H,3-5H2,1-2H3. The summed E-state index contributed by atoms with van der Waals surface area (Å²) < 4.78 is 4.77. The number of aliphatic hydroxyl groups is 1. The van der Waals surface area contributed by atoms with E-state index in [9.17, 15) is 0 Å². The highest BCUT2D eigenvalue weighted by Crippen LogP contribution is 2.11. The molecule has 0 bridgehead atoms. The van der Waals surface area contributed by atoms with E-state index in [4.69, 9.17) is 9.84 Å². The van der Waals surface area contributed by atoms with Gasteiger partial charge in [-0.2, -0.15) is 0 Å². The van der Waals surface area contributed by atoms with Crippen molar-refractivity contribution in [3.8, 4) is 0 Å². The normalized spacial score (nSPS) is 12.0. The van der Waals surface area contributed by atoms with E-state index in [1.165, 1.54) is 0 Å². The first-order valence-electron chi connectivity index (χ1n) is 2.66. The van der Waals surface area contributed by atoms with Crippen LogP contribution in [0.3, 0.4) is 0 Å². The largest absolute Gasteiger partial charge is 0.396 e. The van der Waals surface area contributed by atoms with Gasteiger partial charge in [0.05, 0.1) is 12.7 Å². The molecule has 0 atom stereocenters. The van der Waals surface area contributed by atoms with E-state index < -0.39 is 0 Å². The van der Waals surface area contributed by atoms with Gasteiger partial charge in [-0.15, -0.1) is 0 Å². The van der Waals surface area contributed by atoms with Gasteiger partial charge in [-0.25, -0.2) is 0 Å². The third kappa shape index (κ3) is 2.99. The molecule has 0 saturated heterocycles. The molecule has 0 aliphatic rings. The first-order valence-corrected chi connectivity index (χ1v) is 2.66. The monoisotopic (exact) mass is 117 g/mol. The minimum atomic E-state index is -0.269. The van der Waals surface area contributed by atoms with Crippen molar-refractivity contribution in [1.29, 1.82) is 0 Å². The first-order chi connectivity index (χ1) is 3.62.